The number of aryl methyl sites for hydroxylation is 1. The van der Waals surface area contributed by atoms with Crippen molar-refractivity contribution in [2.24, 2.45) is 11.8 Å². The number of nitrogens with one attached hydrogen (secondary N) is 1. The van der Waals surface area contributed by atoms with Gasteiger partial charge < -0.3 is 20.3 Å². The van der Waals surface area contributed by atoms with Crippen LogP contribution < -0.4 is 5.32 Å². The number of aliphatic hydroxyl groups excluding tert-OH is 2. The molecule has 3 N–H and O–H groups in total. The summed E-state index contributed by atoms with van der Waals surface area (Å²) in [5.74, 6) is -0.438. The highest BCUT2D eigenvalue weighted by atomic mass is 16.5. The van der Waals surface area contributed by atoms with Gasteiger partial charge in [-0.2, -0.15) is 0 Å². The molecule has 0 aliphatic heterocycles. The molecule has 6 nitrogen and oxygen atoms in total. The Morgan fingerprint density at radius 2 is 1.89 bits per heavy atom. The van der Waals surface area contributed by atoms with Crippen LogP contribution in [-0.4, -0.2) is 46.9 Å². The first-order chi connectivity index (χ1) is 16.9. The van der Waals surface area contributed by atoms with E-state index in [1.165, 1.54) is 5.56 Å². The Hall–Kier alpha value is -2.44. The number of hydrogen-bond donors (Lipinski definition) is 3. The third kappa shape index (κ3) is 10.8. The maximum atomic E-state index is 12.2. The van der Waals surface area contributed by atoms with Crippen LogP contribution in [-0.2, 0) is 20.7 Å². The maximum absolute atomic E-state index is 12.2. The molecule has 1 saturated carbocycles. The first-order valence-corrected chi connectivity index (χ1v) is 13.1. The zero-order valence-electron chi connectivity index (χ0n) is 21.3. The fourth-order valence-corrected chi connectivity index (χ4v) is 4.58. The van der Waals surface area contributed by atoms with Crippen LogP contribution in [0.1, 0.15) is 70.8 Å². The van der Waals surface area contributed by atoms with Gasteiger partial charge in [0, 0.05) is 31.7 Å². The molecule has 2 rings (SSSR count). The molecule has 0 bridgehead atoms. The number of aliphatic hydroxyl groups is 2. The van der Waals surface area contributed by atoms with Crippen LogP contribution in [0.25, 0.3) is 0 Å². The van der Waals surface area contributed by atoms with Crippen molar-refractivity contribution < 1.29 is 24.5 Å². The summed E-state index contributed by atoms with van der Waals surface area (Å²) in [7, 11) is 0. The number of esters is 1. The first kappa shape index (κ1) is 28.8. The van der Waals surface area contributed by atoms with Crippen molar-refractivity contribution in [3.05, 3.63) is 60.2 Å². The number of unbranched alkanes of at least 4 members (excludes halogenated alkanes) is 1. The van der Waals surface area contributed by atoms with Crippen molar-refractivity contribution in [3.63, 3.8) is 0 Å². The van der Waals surface area contributed by atoms with Crippen molar-refractivity contribution in [2.45, 2.75) is 89.9 Å². The third-order valence-electron chi connectivity index (χ3n) is 6.48. The minimum Gasteiger partial charge on any atom is -0.458 e. The van der Waals surface area contributed by atoms with Crippen LogP contribution in [0, 0.1) is 11.8 Å². The highest BCUT2D eigenvalue weighted by molar-refractivity contribution is 5.75. The SMILES string of the molecule is CCCC(=O)O[C@H](C=C[C@@H]1[C@@H](CC=CCCCC(=O)NCC)[C@@H](O)C[C@H]1O)CCc1ccccc1. The second kappa shape index (κ2) is 16.3. The van der Waals surface area contributed by atoms with Gasteiger partial charge in [-0.1, -0.05) is 55.5 Å². The number of amides is 1. The number of rotatable bonds is 15. The van der Waals surface area contributed by atoms with E-state index >= 15 is 0 Å². The van der Waals surface area contributed by atoms with Crippen molar-refractivity contribution >= 4 is 11.9 Å². The van der Waals surface area contributed by atoms with E-state index in [0.29, 0.717) is 38.6 Å². The Morgan fingerprint density at radius 3 is 2.60 bits per heavy atom. The highest BCUT2D eigenvalue weighted by Gasteiger charge is 2.39. The van der Waals surface area contributed by atoms with Gasteiger partial charge in [0.15, 0.2) is 0 Å². The average molecular weight is 486 g/mol. The molecule has 0 unspecified atom stereocenters. The van der Waals surface area contributed by atoms with E-state index in [-0.39, 0.29) is 29.8 Å². The molecule has 0 spiro atoms. The number of carbonyl (C=O) groups is 2. The summed E-state index contributed by atoms with van der Waals surface area (Å²) in [5, 5.41) is 23.9. The van der Waals surface area contributed by atoms with E-state index in [2.05, 4.69) is 17.4 Å². The van der Waals surface area contributed by atoms with E-state index in [9.17, 15) is 19.8 Å². The smallest absolute Gasteiger partial charge is 0.306 e. The lowest BCUT2D eigenvalue weighted by atomic mass is 9.89. The summed E-state index contributed by atoms with van der Waals surface area (Å²) in [4.78, 5) is 23.7. The van der Waals surface area contributed by atoms with E-state index in [4.69, 9.17) is 4.74 Å². The number of carbonyl (C=O) groups excluding carboxylic acids is 2. The van der Waals surface area contributed by atoms with Gasteiger partial charge in [0.2, 0.25) is 5.91 Å². The second-order valence-corrected chi connectivity index (χ2v) is 9.35. The molecule has 1 aromatic carbocycles. The molecule has 5 atom stereocenters. The number of ether oxygens (including phenoxy) is 1. The lowest BCUT2D eigenvalue weighted by molar-refractivity contribution is -0.147. The van der Waals surface area contributed by atoms with Crippen LogP contribution >= 0.6 is 0 Å². The Bertz CT molecular complexity index is 807. The summed E-state index contributed by atoms with van der Waals surface area (Å²) in [6, 6.07) is 10.1. The van der Waals surface area contributed by atoms with Crippen LogP contribution in [0.5, 0.6) is 0 Å². The molecule has 0 heterocycles. The van der Waals surface area contributed by atoms with Gasteiger partial charge in [0.05, 0.1) is 12.2 Å². The van der Waals surface area contributed by atoms with E-state index in [0.717, 1.165) is 25.7 Å². The zero-order chi connectivity index (χ0) is 25.5. The molecule has 0 radical (unpaired) electrons. The molecular weight excluding hydrogens is 442 g/mol. The highest BCUT2D eigenvalue weighted by Crippen LogP contribution is 2.36. The Morgan fingerprint density at radius 1 is 1.11 bits per heavy atom. The van der Waals surface area contributed by atoms with Gasteiger partial charge in [-0.25, -0.2) is 0 Å². The molecule has 194 valence electrons. The Kier molecular flexibility index (Phi) is 13.4. The molecular formula is C29H43NO5. The number of hydrogen-bond acceptors (Lipinski definition) is 5. The minimum absolute atomic E-state index is 0.0712. The fraction of sp³-hybridized carbons (Fsp3) is 0.586. The van der Waals surface area contributed by atoms with Crippen molar-refractivity contribution in [3.8, 4) is 0 Å². The summed E-state index contributed by atoms with van der Waals surface area (Å²) >= 11 is 0. The summed E-state index contributed by atoms with van der Waals surface area (Å²) in [6.45, 7) is 4.51. The predicted octanol–water partition coefficient (Wildman–Crippen LogP) is 4.50. The quantitative estimate of drug-likeness (QED) is 0.193. The molecule has 35 heavy (non-hydrogen) atoms. The standard InChI is InChI=1S/C29H43NO5/c1-3-12-29(34)35-23(18-17-22-13-8-7-9-14-22)19-20-25-24(26(31)21-27(25)32)15-10-5-6-11-16-28(33)30-4-2/h5,7-10,13-14,19-20,23-27,31-32H,3-4,6,11-12,15-18,21H2,1-2H3,(H,30,33)/t23-,24+,25+,26-,27+/m0/s1. The van der Waals surface area contributed by atoms with E-state index < -0.39 is 12.2 Å². The molecule has 6 heteroatoms. The van der Waals surface area contributed by atoms with Crippen LogP contribution in [0.4, 0.5) is 0 Å². The van der Waals surface area contributed by atoms with Crippen LogP contribution in [0.2, 0.25) is 0 Å². The van der Waals surface area contributed by atoms with Gasteiger partial charge in [0.1, 0.15) is 6.10 Å². The van der Waals surface area contributed by atoms with Gasteiger partial charge >= 0.3 is 5.97 Å². The topological polar surface area (TPSA) is 95.9 Å². The van der Waals surface area contributed by atoms with Crippen LogP contribution in [0.3, 0.4) is 0 Å². The van der Waals surface area contributed by atoms with Gasteiger partial charge in [-0.3, -0.25) is 9.59 Å². The molecule has 0 saturated heterocycles. The maximum Gasteiger partial charge on any atom is 0.306 e. The predicted molar refractivity (Wildman–Crippen MR) is 139 cm³/mol. The fourth-order valence-electron chi connectivity index (χ4n) is 4.58. The average Bonchev–Trinajstić information content (AvgIpc) is 3.10. The van der Waals surface area contributed by atoms with Crippen molar-refractivity contribution in [1.82, 2.24) is 5.32 Å². The molecule has 1 amide bonds. The summed E-state index contributed by atoms with van der Waals surface area (Å²) in [6.07, 6.45) is 12.0. The van der Waals surface area contributed by atoms with Crippen molar-refractivity contribution in [2.75, 3.05) is 6.54 Å². The zero-order valence-corrected chi connectivity index (χ0v) is 21.3. The summed E-state index contributed by atoms with van der Waals surface area (Å²) in [5.41, 5.74) is 1.18. The lowest BCUT2D eigenvalue weighted by Crippen LogP contribution is -2.22. The van der Waals surface area contributed by atoms with Gasteiger partial charge in [-0.05, 0) is 63.0 Å². The van der Waals surface area contributed by atoms with E-state index in [1.807, 2.05) is 56.4 Å². The molecule has 1 aromatic rings. The Balaban J connectivity index is 1.95. The molecule has 1 aliphatic rings. The number of benzene rings is 1. The van der Waals surface area contributed by atoms with Crippen LogP contribution in [0.15, 0.2) is 54.6 Å². The monoisotopic (exact) mass is 485 g/mol. The largest absolute Gasteiger partial charge is 0.458 e. The number of allylic oxidation sites excluding steroid dienone is 2. The summed E-state index contributed by atoms with van der Waals surface area (Å²) < 4.78 is 5.72. The normalized spacial score (nSPS) is 23.1. The van der Waals surface area contributed by atoms with Crippen molar-refractivity contribution in [1.29, 1.82) is 0 Å². The van der Waals surface area contributed by atoms with Gasteiger partial charge in [0.25, 0.3) is 0 Å². The first-order valence-electron chi connectivity index (χ1n) is 13.1. The third-order valence-corrected chi connectivity index (χ3v) is 6.48. The molecule has 1 fully saturated rings. The minimum atomic E-state index is -0.626. The molecule has 0 aromatic heterocycles. The lowest BCUT2D eigenvalue weighted by Gasteiger charge is -2.21. The second-order valence-electron chi connectivity index (χ2n) is 9.35. The van der Waals surface area contributed by atoms with E-state index in [1.54, 1.807) is 0 Å². The van der Waals surface area contributed by atoms with Gasteiger partial charge in [-0.15, -0.1) is 0 Å². The molecule has 1 aliphatic carbocycles. The Labute approximate surface area is 210 Å².